The first-order valence-electron chi connectivity index (χ1n) is 10.9. The molecule has 2 fully saturated rings. The molecule has 160 valence electrons. The average molecular weight is 443 g/mol. The van der Waals surface area contributed by atoms with Gasteiger partial charge in [-0.3, -0.25) is 0 Å². The molecule has 1 heterocycles. The zero-order valence-corrected chi connectivity index (χ0v) is 19.1. The van der Waals surface area contributed by atoms with Crippen LogP contribution in [0.3, 0.4) is 0 Å². The highest BCUT2D eigenvalue weighted by molar-refractivity contribution is 7.80. The summed E-state index contributed by atoms with van der Waals surface area (Å²) in [4.78, 5) is 0. The molecule has 7 heteroatoms. The molecule has 30 heavy (non-hydrogen) atoms. The highest BCUT2D eigenvalue weighted by Gasteiger charge is 2.34. The van der Waals surface area contributed by atoms with Crippen LogP contribution in [0.5, 0.6) is 0 Å². The van der Waals surface area contributed by atoms with Crippen LogP contribution in [0.4, 0.5) is 11.4 Å². The molecule has 1 saturated carbocycles. The summed E-state index contributed by atoms with van der Waals surface area (Å²) in [6.45, 7) is 3.24. The minimum Gasteiger partial charge on any atom is -0.360 e. The van der Waals surface area contributed by atoms with E-state index in [0.717, 1.165) is 18.2 Å². The molecule has 1 aliphatic heterocycles. The van der Waals surface area contributed by atoms with Crippen LogP contribution < -0.4 is 20.0 Å². The number of para-hydroxylation sites is 2. The lowest BCUT2D eigenvalue weighted by atomic mass is 9.96. The first kappa shape index (κ1) is 21.4. The Morgan fingerprint density at radius 1 is 0.900 bits per heavy atom. The molecule has 2 aromatic rings. The summed E-state index contributed by atoms with van der Waals surface area (Å²) < 4.78 is 11.2. The van der Waals surface area contributed by atoms with Gasteiger partial charge in [0.05, 0.1) is 6.61 Å². The van der Waals surface area contributed by atoms with E-state index in [4.69, 9.17) is 16.7 Å². The Kier molecular flexibility index (Phi) is 7.79. The lowest BCUT2D eigenvalue weighted by Gasteiger charge is -2.31. The van der Waals surface area contributed by atoms with E-state index >= 15 is 0 Å². The third kappa shape index (κ3) is 5.63. The lowest BCUT2D eigenvalue weighted by Crippen LogP contribution is -2.43. The number of anilines is 2. The van der Waals surface area contributed by atoms with Crippen LogP contribution in [-0.4, -0.2) is 37.4 Å². The highest BCUT2D eigenvalue weighted by Crippen LogP contribution is 2.53. The van der Waals surface area contributed by atoms with Gasteiger partial charge < -0.3 is 24.5 Å². The number of hydrogen-bond donors (Lipinski definition) is 2. The van der Waals surface area contributed by atoms with Gasteiger partial charge in [-0.2, -0.15) is 0 Å². The topological polar surface area (TPSA) is 39.8 Å². The third-order valence-corrected chi connectivity index (χ3v) is 7.94. The van der Waals surface area contributed by atoms with E-state index in [1.807, 2.05) is 0 Å². The Morgan fingerprint density at radius 3 is 2.03 bits per heavy atom. The van der Waals surface area contributed by atoms with Crippen LogP contribution in [0.25, 0.3) is 0 Å². The molecule has 0 radical (unpaired) electrons. The van der Waals surface area contributed by atoms with Gasteiger partial charge in [-0.15, -0.1) is 0 Å². The Bertz CT molecular complexity index is 741. The van der Waals surface area contributed by atoms with Crippen molar-refractivity contribution in [2.24, 2.45) is 0 Å². The summed E-state index contributed by atoms with van der Waals surface area (Å²) in [5.74, 6) is 0. The molecule has 0 spiro atoms. The van der Waals surface area contributed by atoms with Gasteiger partial charge in [0.2, 0.25) is 8.45 Å². The molecule has 0 aromatic heterocycles. The minimum absolute atomic E-state index is 0.529. The van der Waals surface area contributed by atoms with Crippen LogP contribution in [0.2, 0.25) is 0 Å². The SMILES string of the molecule is S=C(NCCOP1N(c2ccccc2)CCN1c1ccccc1)NC1CCCCC1. The number of nitrogens with zero attached hydrogens (tertiary/aromatic N) is 2. The third-order valence-electron chi connectivity index (χ3n) is 5.58. The number of hydrogen-bond acceptors (Lipinski definition) is 4. The van der Waals surface area contributed by atoms with Crippen molar-refractivity contribution in [1.29, 1.82) is 0 Å². The van der Waals surface area contributed by atoms with Gasteiger partial charge >= 0.3 is 0 Å². The Balaban J connectivity index is 1.33. The normalized spacial score (nSPS) is 17.9. The summed E-state index contributed by atoms with van der Waals surface area (Å²) >= 11 is 5.49. The van der Waals surface area contributed by atoms with Crippen molar-refractivity contribution >= 4 is 37.2 Å². The maximum absolute atomic E-state index is 6.44. The van der Waals surface area contributed by atoms with Crippen LogP contribution in [0, 0.1) is 0 Å². The van der Waals surface area contributed by atoms with Gasteiger partial charge in [0.15, 0.2) is 5.11 Å². The standard InChI is InChI=1S/C23H31N4OPS/c30-23(25-20-10-4-1-5-11-20)24-16-19-28-29-26(21-12-6-2-7-13-21)17-18-27(29)22-14-8-3-9-15-22/h2-3,6-9,12-15,20H,1,4-5,10-11,16-19H2,(H2,24,25,30). The second-order valence-electron chi connectivity index (χ2n) is 7.74. The molecule has 0 bridgehead atoms. The van der Waals surface area contributed by atoms with E-state index in [9.17, 15) is 0 Å². The van der Waals surface area contributed by atoms with Crippen LogP contribution in [0.15, 0.2) is 60.7 Å². The van der Waals surface area contributed by atoms with Gasteiger partial charge in [-0.25, -0.2) is 0 Å². The molecular weight excluding hydrogens is 411 g/mol. The molecular formula is C23H31N4OPS. The second kappa shape index (κ2) is 10.9. The molecule has 1 saturated heterocycles. The van der Waals surface area contributed by atoms with E-state index in [-0.39, 0.29) is 0 Å². The largest absolute Gasteiger partial charge is 0.360 e. The van der Waals surface area contributed by atoms with Crippen molar-refractivity contribution in [3.63, 3.8) is 0 Å². The monoisotopic (exact) mass is 442 g/mol. The lowest BCUT2D eigenvalue weighted by molar-refractivity contribution is 0.354. The van der Waals surface area contributed by atoms with E-state index in [0.29, 0.717) is 19.2 Å². The number of nitrogens with one attached hydrogen (secondary N) is 2. The van der Waals surface area contributed by atoms with Gasteiger partial charge in [-0.1, -0.05) is 55.7 Å². The predicted octanol–water partition coefficient (Wildman–Crippen LogP) is 5.05. The highest BCUT2D eigenvalue weighted by atomic mass is 32.1. The molecule has 4 rings (SSSR count). The molecule has 2 aromatic carbocycles. The number of rotatable bonds is 7. The molecule has 2 N–H and O–H groups in total. The average Bonchev–Trinajstić information content (AvgIpc) is 3.22. The summed E-state index contributed by atoms with van der Waals surface area (Å²) in [6.07, 6.45) is 6.41. The molecule has 0 amide bonds. The van der Waals surface area contributed by atoms with Gasteiger partial charge in [-0.05, 0) is 49.3 Å². The van der Waals surface area contributed by atoms with Crippen LogP contribution in [0.1, 0.15) is 32.1 Å². The molecule has 5 nitrogen and oxygen atoms in total. The predicted molar refractivity (Wildman–Crippen MR) is 131 cm³/mol. The summed E-state index contributed by atoms with van der Waals surface area (Å²) in [5.41, 5.74) is 2.42. The number of benzene rings is 2. The zero-order chi connectivity index (χ0) is 20.6. The summed E-state index contributed by atoms with van der Waals surface area (Å²) in [6, 6.07) is 21.6. The van der Waals surface area contributed by atoms with Crippen molar-refractivity contribution in [3.8, 4) is 0 Å². The van der Waals surface area contributed by atoms with Crippen molar-refractivity contribution in [1.82, 2.24) is 10.6 Å². The first-order valence-corrected chi connectivity index (χ1v) is 12.5. The van der Waals surface area contributed by atoms with Crippen LogP contribution >= 0.6 is 20.7 Å². The summed E-state index contributed by atoms with van der Waals surface area (Å²) in [5, 5.41) is 7.55. The molecule has 0 atom stereocenters. The number of thiocarbonyl (C=S) groups is 1. The Morgan fingerprint density at radius 2 is 1.47 bits per heavy atom. The van der Waals surface area contributed by atoms with E-state index in [1.165, 1.54) is 43.5 Å². The van der Waals surface area contributed by atoms with Crippen molar-refractivity contribution in [2.45, 2.75) is 38.1 Å². The van der Waals surface area contributed by atoms with Gasteiger partial charge in [0.25, 0.3) is 0 Å². The maximum Gasteiger partial charge on any atom is 0.248 e. The van der Waals surface area contributed by atoms with Gasteiger partial charge in [0, 0.05) is 37.1 Å². The smallest absolute Gasteiger partial charge is 0.248 e. The molecule has 2 aliphatic rings. The van der Waals surface area contributed by atoms with Crippen molar-refractivity contribution in [3.05, 3.63) is 60.7 Å². The van der Waals surface area contributed by atoms with E-state index in [1.54, 1.807) is 0 Å². The van der Waals surface area contributed by atoms with E-state index < -0.39 is 8.45 Å². The Labute approximate surface area is 186 Å². The molecule has 0 unspecified atom stereocenters. The second-order valence-corrected chi connectivity index (χ2v) is 9.88. The first-order chi connectivity index (χ1) is 14.8. The minimum atomic E-state index is -0.909. The Hall–Kier alpha value is -1.88. The molecule has 1 aliphatic carbocycles. The summed E-state index contributed by atoms with van der Waals surface area (Å²) in [7, 11) is -0.909. The van der Waals surface area contributed by atoms with E-state index in [2.05, 4.69) is 80.6 Å². The van der Waals surface area contributed by atoms with Crippen molar-refractivity contribution in [2.75, 3.05) is 35.6 Å². The van der Waals surface area contributed by atoms with Gasteiger partial charge in [0.1, 0.15) is 0 Å². The van der Waals surface area contributed by atoms with Crippen LogP contribution in [-0.2, 0) is 4.52 Å². The maximum atomic E-state index is 6.44. The zero-order valence-electron chi connectivity index (χ0n) is 17.4. The fraction of sp³-hybridized carbons (Fsp3) is 0.435. The fourth-order valence-electron chi connectivity index (χ4n) is 4.06. The van der Waals surface area contributed by atoms with Crippen molar-refractivity contribution < 1.29 is 4.52 Å². The quantitative estimate of drug-likeness (QED) is 0.355. The fourth-order valence-corrected chi connectivity index (χ4v) is 6.31.